The van der Waals surface area contributed by atoms with E-state index < -0.39 is 12.1 Å². The smallest absolute Gasteiger partial charge is 0.335 e. The summed E-state index contributed by atoms with van der Waals surface area (Å²) in [7, 11) is 1.24. The van der Waals surface area contributed by atoms with Crippen LogP contribution in [0.3, 0.4) is 0 Å². The van der Waals surface area contributed by atoms with Crippen molar-refractivity contribution in [2.75, 3.05) is 7.11 Å². The van der Waals surface area contributed by atoms with Crippen molar-refractivity contribution in [2.24, 2.45) is 0 Å². The van der Waals surface area contributed by atoms with Gasteiger partial charge >= 0.3 is 5.97 Å². The minimum atomic E-state index is -1.11. The van der Waals surface area contributed by atoms with E-state index in [0.29, 0.717) is 5.02 Å². The Labute approximate surface area is 101 Å². The van der Waals surface area contributed by atoms with E-state index in [1.807, 2.05) is 13.8 Å². The average Bonchev–Trinajstić information content (AvgIpc) is 2.33. The lowest BCUT2D eigenvalue weighted by atomic mass is 10.1. The molecular formula is C12H17ClO3. The van der Waals surface area contributed by atoms with Gasteiger partial charge in [-0.15, -0.1) is 0 Å². The van der Waals surface area contributed by atoms with Crippen molar-refractivity contribution in [3.63, 3.8) is 0 Å². The lowest BCUT2D eigenvalue weighted by Crippen LogP contribution is -2.23. The molecule has 0 aliphatic carbocycles. The van der Waals surface area contributed by atoms with Crippen LogP contribution in [0.1, 0.15) is 19.4 Å². The van der Waals surface area contributed by atoms with Gasteiger partial charge in [0.15, 0.2) is 6.10 Å². The van der Waals surface area contributed by atoms with Crippen molar-refractivity contribution in [3.8, 4) is 0 Å². The third kappa shape index (κ3) is 5.14. The predicted molar refractivity (Wildman–Crippen MR) is 64.5 cm³/mol. The molecule has 4 heteroatoms. The van der Waals surface area contributed by atoms with Gasteiger partial charge < -0.3 is 9.84 Å². The monoisotopic (exact) mass is 244 g/mol. The lowest BCUT2D eigenvalue weighted by molar-refractivity contribution is -0.150. The minimum Gasteiger partial charge on any atom is -0.467 e. The first-order valence-electron chi connectivity index (χ1n) is 5.14. The molecule has 0 radical (unpaired) electrons. The van der Waals surface area contributed by atoms with E-state index in [9.17, 15) is 9.90 Å². The van der Waals surface area contributed by atoms with Gasteiger partial charge in [-0.2, -0.15) is 0 Å². The zero-order valence-corrected chi connectivity index (χ0v) is 10.5. The lowest BCUT2D eigenvalue weighted by Gasteiger charge is -2.07. The minimum absolute atomic E-state index is 0.240. The fourth-order valence-corrected chi connectivity index (χ4v) is 1.19. The first kappa shape index (κ1) is 14.9. The standard InChI is InChI=1S/C10H11ClO3.C2H6/c1-14-10(13)9(12)6-7-2-4-8(11)5-3-7;1-2/h2-5,9,12H,6H2,1H3;1-2H3. The highest BCUT2D eigenvalue weighted by Gasteiger charge is 2.15. The summed E-state index contributed by atoms with van der Waals surface area (Å²) in [5.41, 5.74) is 0.840. The summed E-state index contributed by atoms with van der Waals surface area (Å²) in [6, 6.07) is 6.94. The normalized spacial score (nSPS) is 11.1. The van der Waals surface area contributed by atoms with Crippen LogP contribution in [-0.2, 0) is 16.0 Å². The molecule has 0 aliphatic rings. The molecule has 1 unspecified atom stereocenters. The number of carbonyl (C=O) groups excluding carboxylic acids is 1. The largest absolute Gasteiger partial charge is 0.467 e. The van der Waals surface area contributed by atoms with Crippen molar-refractivity contribution < 1.29 is 14.6 Å². The Balaban J connectivity index is 0.00000106. The van der Waals surface area contributed by atoms with Crippen LogP contribution in [-0.4, -0.2) is 24.3 Å². The summed E-state index contributed by atoms with van der Waals surface area (Å²) in [4.78, 5) is 10.9. The highest BCUT2D eigenvalue weighted by atomic mass is 35.5. The third-order valence-corrected chi connectivity index (χ3v) is 2.07. The molecule has 1 N–H and O–H groups in total. The van der Waals surface area contributed by atoms with Crippen molar-refractivity contribution in [3.05, 3.63) is 34.9 Å². The van der Waals surface area contributed by atoms with Crippen molar-refractivity contribution >= 4 is 17.6 Å². The number of esters is 1. The number of halogens is 1. The summed E-state index contributed by atoms with van der Waals surface area (Å²) in [6.07, 6.45) is -0.870. The van der Waals surface area contributed by atoms with Crippen LogP contribution in [0.4, 0.5) is 0 Å². The summed E-state index contributed by atoms with van der Waals surface area (Å²) in [5, 5.41) is 9.96. The van der Waals surface area contributed by atoms with Gasteiger partial charge in [0.1, 0.15) is 0 Å². The van der Waals surface area contributed by atoms with Crippen molar-refractivity contribution in [1.82, 2.24) is 0 Å². The van der Waals surface area contributed by atoms with E-state index >= 15 is 0 Å². The quantitative estimate of drug-likeness (QED) is 0.831. The molecule has 0 saturated carbocycles. The predicted octanol–water partition coefficient (Wildman–Crippen LogP) is 2.44. The van der Waals surface area contributed by atoms with E-state index in [1.165, 1.54) is 7.11 Å². The number of hydrogen-bond acceptors (Lipinski definition) is 3. The second kappa shape index (κ2) is 8.13. The van der Waals surface area contributed by atoms with Gasteiger partial charge in [0.2, 0.25) is 0 Å². The molecule has 0 bridgehead atoms. The molecule has 0 spiro atoms. The molecule has 0 aliphatic heterocycles. The number of rotatable bonds is 3. The van der Waals surface area contributed by atoms with Gasteiger partial charge in [0.25, 0.3) is 0 Å². The summed E-state index contributed by atoms with van der Waals surface area (Å²) in [6.45, 7) is 4.00. The molecule has 0 saturated heterocycles. The van der Waals surface area contributed by atoms with Crippen LogP contribution in [0.25, 0.3) is 0 Å². The van der Waals surface area contributed by atoms with Crippen LogP contribution in [0.2, 0.25) is 5.02 Å². The van der Waals surface area contributed by atoms with E-state index in [4.69, 9.17) is 11.6 Å². The SMILES string of the molecule is CC.COC(=O)C(O)Cc1ccc(Cl)cc1. The molecule has 0 amide bonds. The second-order valence-electron chi connectivity index (χ2n) is 2.87. The Morgan fingerprint density at radius 1 is 1.38 bits per heavy atom. The highest BCUT2D eigenvalue weighted by Crippen LogP contribution is 2.11. The highest BCUT2D eigenvalue weighted by molar-refractivity contribution is 6.30. The molecule has 1 aromatic rings. The molecule has 16 heavy (non-hydrogen) atoms. The number of ether oxygens (including phenoxy) is 1. The van der Waals surface area contributed by atoms with Gasteiger partial charge in [-0.3, -0.25) is 0 Å². The first-order valence-corrected chi connectivity index (χ1v) is 5.51. The van der Waals surface area contributed by atoms with E-state index in [-0.39, 0.29) is 6.42 Å². The van der Waals surface area contributed by atoms with E-state index in [0.717, 1.165) is 5.56 Å². The molecule has 1 aromatic carbocycles. The number of benzene rings is 1. The topological polar surface area (TPSA) is 46.5 Å². The number of aliphatic hydroxyl groups excluding tert-OH is 1. The second-order valence-corrected chi connectivity index (χ2v) is 3.31. The molecule has 0 heterocycles. The number of aliphatic hydroxyl groups is 1. The summed E-state index contributed by atoms with van der Waals surface area (Å²) < 4.78 is 4.39. The fraction of sp³-hybridized carbons (Fsp3) is 0.417. The van der Waals surface area contributed by atoms with Gasteiger partial charge in [-0.05, 0) is 17.7 Å². The van der Waals surface area contributed by atoms with Crippen LogP contribution in [0.5, 0.6) is 0 Å². The zero-order chi connectivity index (χ0) is 12.6. The number of hydrogen-bond donors (Lipinski definition) is 1. The van der Waals surface area contributed by atoms with Gasteiger partial charge in [-0.1, -0.05) is 37.6 Å². The van der Waals surface area contributed by atoms with Crippen LogP contribution < -0.4 is 0 Å². The van der Waals surface area contributed by atoms with E-state index in [2.05, 4.69) is 4.74 Å². The van der Waals surface area contributed by atoms with Crippen molar-refractivity contribution in [2.45, 2.75) is 26.4 Å². The molecule has 90 valence electrons. The molecule has 1 rings (SSSR count). The first-order chi connectivity index (χ1) is 7.63. The molecule has 0 fully saturated rings. The Hall–Kier alpha value is -1.06. The van der Waals surface area contributed by atoms with Crippen LogP contribution in [0.15, 0.2) is 24.3 Å². The Morgan fingerprint density at radius 3 is 2.31 bits per heavy atom. The van der Waals surface area contributed by atoms with Crippen LogP contribution in [0, 0.1) is 0 Å². The maximum atomic E-state index is 10.9. The Bertz CT molecular complexity index is 309. The molecule has 3 nitrogen and oxygen atoms in total. The Morgan fingerprint density at radius 2 is 1.88 bits per heavy atom. The maximum Gasteiger partial charge on any atom is 0.335 e. The molecule has 0 aromatic heterocycles. The average molecular weight is 245 g/mol. The van der Waals surface area contributed by atoms with E-state index in [1.54, 1.807) is 24.3 Å². The summed E-state index contributed by atoms with van der Waals surface area (Å²) in [5.74, 6) is -0.625. The van der Waals surface area contributed by atoms with Crippen LogP contribution >= 0.6 is 11.6 Å². The third-order valence-electron chi connectivity index (χ3n) is 1.82. The van der Waals surface area contributed by atoms with Gasteiger partial charge in [-0.25, -0.2) is 4.79 Å². The van der Waals surface area contributed by atoms with Crippen molar-refractivity contribution in [1.29, 1.82) is 0 Å². The molecular weight excluding hydrogens is 228 g/mol. The Kier molecular flexibility index (Phi) is 7.60. The zero-order valence-electron chi connectivity index (χ0n) is 9.74. The maximum absolute atomic E-state index is 10.9. The fourth-order valence-electron chi connectivity index (χ4n) is 1.06. The molecule has 1 atom stereocenters. The van der Waals surface area contributed by atoms with Gasteiger partial charge in [0, 0.05) is 11.4 Å². The number of methoxy groups -OCH3 is 1. The summed E-state index contributed by atoms with van der Waals surface area (Å²) >= 11 is 5.68. The van der Waals surface area contributed by atoms with Gasteiger partial charge in [0.05, 0.1) is 7.11 Å². The number of carbonyl (C=O) groups is 1.